The molecule has 2 aromatic rings. The number of hydrogen-bond donors (Lipinski definition) is 0. The van der Waals surface area contributed by atoms with Crippen LogP contribution in [0.25, 0.3) is 0 Å². The molecule has 1 aromatic heterocycles. The summed E-state index contributed by atoms with van der Waals surface area (Å²) in [6.07, 6.45) is 5.10. The van der Waals surface area contributed by atoms with Crippen LogP contribution in [0, 0.1) is 12.8 Å². The fourth-order valence-corrected chi connectivity index (χ4v) is 5.37. The third kappa shape index (κ3) is 4.22. The average molecular weight is 425 g/mol. The Morgan fingerprint density at radius 3 is 2.64 bits per heavy atom. The number of rotatable bonds is 5. The number of hydrogen-bond acceptors (Lipinski definition) is 4. The molecule has 0 spiro atoms. The summed E-state index contributed by atoms with van der Waals surface area (Å²) >= 11 is 3.34. The van der Waals surface area contributed by atoms with Crippen LogP contribution in [-0.2, 0) is 10.0 Å². The zero-order valence-corrected chi connectivity index (χ0v) is 16.5. The van der Waals surface area contributed by atoms with E-state index in [9.17, 15) is 8.42 Å². The van der Waals surface area contributed by atoms with Gasteiger partial charge in [-0.15, -0.1) is 0 Å². The van der Waals surface area contributed by atoms with E-state index >= 15 is 0 Å². The van der Waals surface area contributed by atoms with Gasteiger partial charge < -0.3 is 4.74 Å². The molecule has 1 aromatic carbocycles. The topological polar surface area (TPSA) is 59.5 Å². The normalized spacial score (nSPS) is 16.7. The van der Waals surface area contributed by atoms with Crippen LogP contribution in [0.2, 0.25) is 0 Å². The number of halogens is 1. The molecule has 5 nitrogen and oxygen atoms in total. The van der Waals surface area contributed by atoms with Gasteiger partial charge in [0.15, 0.2) is 0 Å². The maximum absolute atomic E-state index is 12.8. The summed E-state index contributed by atoms with van der Waals surface area (Å²) in [6, 6.07) is 8.82. The summed E-state index contributed by atoms with van der Waals surface area (Å²) in [5.41, 5.74) is 1.01. The van der Waals surface area contributed by atoms with Crippen LogP contribution in [0.5, 0.6) is 5.75 Å². The summed E-state index contributed by atoms with van der Waals surface area (Å²) in [6.45, 7) is 3.61. The first kappa shape index (κ1) is 18.4. The molecular weight excluding hydrogens is 404 g/mol. The number of piperidine rings is 1. The molecule has 0 unspecified atom stereocenters. The average Bonchev–Trinajstić information content (AvgIpc) is 2.61. The van der Waals surface area contributed by atoms with Crippen molar-refractivity contribution in [1.82, 2.24) is 9.29 Å². The van der Waals surface area contributed by atoms with E-state index in [2.05, 4.69) is 20.9 Å². The van der Waals surface area contributed by atoms with Crippen LogP contribution in [0.3, 0.4) is 0 Å². The smallest absolute Gasteiger partial charge is 0.244 e. The maximum atomic E-state index is 12.8. The van der Waals surface area contributed by atoms with Crippen molar-refractivity contribution in [3.63, 3.8) is 0 Å². The predicted molar refractivity (Wildman–Crippen MR) is 100 cm³/mol. The van der Waals surface area contributed by atoms with Gasteiger partial charge in [-0.3, -0.25) is 4.98 Å². The van der Waals surface area contributed by atoms with Gasteiger partial charge in [-0.1, -0.05) is 12.1 Å². The molecule has 0 amide bonds. The zero-order chi connectivity index (χ0) is 17.9. The van der Waals surface area contributed by atoms with Gasteiger partial charge in [0.2, 0.25) is 10.0 Å². The van der Waals surface area contributed by atoms with E-state index in [0.717, 1.165) is 24.2 Å². The summed E-state index contributed by atoms with van der Waals surface area (Å²) in [4.78, 5) is 4.39. The Morgan fingerprint density at radius 1 is 1.24 bits per heavy atom. The Labute approximate surface area is 157 Å². The highest BCUT2D eigenvalue weighted by molar-refractivity contribution is 9.10. The third-order valence-corrected chi connectivity index (χ3v) is 7.38. The molecule has 1 fully saturated rings. The van der Waals surface area contributed by atoms with Gasteiger partial charge in [-0.25, -0.2) is 8.42 Å². The van der Waals surface area contributed by atoms with E-state index in [-0.39, 0.29) is 0 Å². The highest BCUT2D eigenvalue weighted by Crippen LogP contribution is 2.28. The Hall–Kier alpha value is -1.44. The Bertz CT molecular complexity index is 834. The minimum atomic E-state index is -3.45. The summed E-state index contributed by atoms with van der Waals surface area (Å²) < 4.78 is 33.7. The van der Waals surface area contributed by atoms with Gasteiger partial charge in [-0.05, 0) is 59.8 Å². The summed E-state index contributed by atoms with van der Waals surface area (Å²) in [5, 5.41) is 0. The Kier molecular flexibility index (Phi) is 5.76. The first-order chi connectivity index (χ1) is 12.0. The molecule has 1 aliphatic rings. The van der Waals surface area contributed by atoms with Crippen molar-refractivity contribution in [3.8, 4) is 5.75 Å². The van der Waals surface area contributed by atoms with Crippen LogP contribution in [0.15, 0.2) is 52.1 Å². The van der Waals surface area contributed by atoms with Crippen LogP contribution < -0.4 is 4.74 Å². The van der Waals surface area contributed by atoms with Gasteiger partial charge in [-0.2, -0.15) is 4.31 Å². The number of sulfonamides is 1. The summed E-state index contributed by atoms with van der Waals surface area (Å²) in [7, 11) is -3.45. The lowest BCUT2D eigenvalue weighted by Gasteiger charge is -2.31. The monoisotopic (exact) mass is 424 g/mol. The summed E-state index contributed by atoms with van der Waals surface area (Å²) in [5.74, 6) is 1.21. The number of aryl methyl sites for hydroxylation is 1. The van der Waals surface area contributed by atoms with Crippen LogP contribution in [0.4, 0.5) is 0 Å². The molecule has 0 aliphatic carbocycles. The van der Waals surface area contributed by atoms with Gasteiger partial charge in [0.05, 0.1) is 11.5 Å². The second kappa shape index (κ2) is 7.85. The van der Waals surface area contributed by atoms with Crippen molar-refractivity contribution < 1.29 is 13.2 Å². The van der Waals surface area contributed by atoms with E-state index in [1.165, 1.54) is 0 Å². The fourth-order valence-electron chi connectivity index (χ4n) is 2.94. The minimum Gasteiger partial charge on any atom is -0.493 e. The largest absolute Gasteiger partial charge is 0.493 e. The molecule has 0 atom stereocenters. The second-order valence-electron chi connectivity index (χ2n) is 6.23. The number of ether oxygens (including phenoxy) is 1. The van der Waals surface area contributed by atoms with E-state index in [1.807, 2.05) is 19.1 Å². The van der Waals surface area contributed by atoms with E-state index in [4.69, 9.17) is 4.74 Å². The van der Waals surface area contributed by atoms with Crippen molar-refractivity contribution in [2.45, 2.75) is 24.7 Å². The fraction of sp³-hybridized carbons (Fsp3) is 0.389. The quantitative estimate of drug-likeness (QED) is 0.734. The first-order valence-electron chi connectivity index (χ1n) is 8.26. The zero-order valence-electron chi connectivity index (χ0n) is 14.1. The highest BCUT2D eigenvalue weighted by Gasteiger charge is 2.30. The molecule has 2 heterocycles. The number of nitrogens with zero attached hydrogens (tertiary/aromatic N) is 2. The van der Waals surface area contributed by atoms with Gasteiger partial charge in [0, 0.05) is 35.5 Å². The lowest BCUT2D eigenvalue weighted by atomic mass is 9.99. The second-order valence-corrected chi connectivity index (χ2v) is 8.99. The molecule has 3 rings (SSSR count). The van der Waals surface area contributed by atoms with Gasteiger partial charge >= 0.3 is 0 Å². The van der Waals surface area contributed by atoms with Crippen LogP contribution in [0.1, 0.15) is 18.4 Å². The molecule has 1 aliphatic heterocycles. The molecule has 134 valence electrons. The van der Waals surface area contributed by atoms with E-state index < -0.39 is 10.0 Å². The van der Waals surface area contributed by atoms with Crippen LogP contribution in [-0.4, -0.2) is 37.4 Å². The van der Waals surface area contributed by atoms with Crippen LogP contribution >= 0.6 is 15.9 Å². The molecule has 7 heteroatoms. The highest BCUT2D eigenvalue weighted by atomic mass is 79.9. The lowest BCUT2D eigenvalue weighted by Crippen LogP contribution is -2.39. The molecule has 0 saturated carbocycles. The number of aromatic nitrogens is 1. The molecule has 1 saturated heterocycles. The number of pyridine rings is 1. The molecule has 0 N–H and O–H groups in total. The van der Waals surface area contributed by atoms with Crippen molar-refractivity contribution in [2.75, 3.05) is 19.7 Å². The predicted octanol–water partition coefficient (Wildman–Crippen LogP) is 3.63. The van der Waals surface area contributed by atoms with Gasteiger partial charge in [0.1, 0.15) is 5.75 Å². The van der Waals surface area contributed by atoms with Crippen molar-refractivity contribution >= 4 is 26.0 Å². The van der Waals surface area contributed by atoms with Crippen molar-refractivity contribution in [3.05, 3.63) is 52.8 Å². The van der Waals surface area contributed by atoms with Crippen molar-refractivity contribution in [1.29, 1.82) is 0 Å². The van der Waals surface area contributed by atoms with E-state index in [1.54, 1.807) is 34.9 Å². The molecule has 0 bridgehead atoms. The Morgan fingerprint density at radius 2 is 1.96 bits per heavy atom. The first-order valence-corrected chi connectivity index (χ1v) is 10.5. The maximum Gasteiger partial charge on any atom is 0.244 e. The SMILES string of the molecule is Cc1cnccc1OCC1CCN(S(=O)(=O)c2ccccc2Br)CC1. The van der Waals surface area contributed by atoms with Crippen molar-refractivity contribution in [2.24, 2.45) is 5.92 Å². The lowest BCUT2D eigenvalue weighted by molar-refractivity contribution is 0.184. The third-order valence-electron chi connectivity index (χ3n) is 4.47. The molecule has 25 heavy (non-hydrogen) atoms. The number of benzene rings is 1. The standard InChI is InChI=1S/C18H21BrN2O3S/c1-14-12-20-9-6-17(14)24-13-15-7-10-21(11-8-15)25(22,23)18-5-3-2-4-16(18)19/h2-6,9,12,15H,7-8,10-11,13H2,1H3. The Balaban J connectivity index is 1.59. The minimum absolute atomic E-state index is 0.331. The van der Waals surface area contributed by atoms with Gasteiger partial charge in [0.25, 0.3) is 0 Å². The van der Waals surface area contributed by atoms with E-state index in [0.29, 0.717) is 35.0 Å². The molecule has 0 radical (unpaired) electrons. The molecular formula is C18H21BrN2O3S.